The average Bonchev–Trinajstić information content (AvgIpc) is 2.74. The Morgan fingerprint density at radius 1 is 1.42 bits per heavy atom. The van der Waals surface area contributed by atoms with E-state index in [0.717, 1.165) is 0 Å². The predicted molar refractivity (Wildman–Crippen MR) is 43.9 cm³/mol. The number of carbonyl (C=O) groups is 1. The summed E-state index contributed by atoms with van der Waals surface area (Å²) in [6, 6.07) is 3.61. The Labute approximate surface area is 70.9 Å². The highest BCUT2D eigenvalue weighted by Gasteiger charge is 2.23. The second-order valence-corrected chi connectivity index (χ2v) is 3.11. The van der Waals surface area contributed by atoms with Crippen molar-refractivity contribution in [1.82, 2.24) is 4.57 Å². The fourth-order valence-corrected chi connectivity index (χ4v) is 1.00. The summed E-state index contributed by atoms with van der Waals surface area (Å²) in [5.41, 5.74) is 0. The van der Waals surface area contributed by atoms with Gasteiger partial charge in [0, 0.05) is 12.4 Å². The van der Waals surface area contributed by atoms with Gasteiger partial charge >= 0.3 is 6.09 Å². The summed E-state index contributed by atoms with van der Waals surface area (Å²) in [7, 11) is 0. The van der Waals surface area contributed by atoms with Crippen LogP contribution in [0, 0.1) is 5.92 Å². The average molecular weight is 165 g/mol. The van der Waals surface area contributed by atoms with Gasteiger partial charge in [0.05, 0.1) is 6.61 Å². The van der Waals surface area contributed by atoms with Crippen molar-refractivity contribution in [3.63, 3.8) is 0 Å². The minimum atomic E-state index is -0.271. The van der Waals surface area contributed by atoms with E-state index in [1.807, 2.05) is 0 Å². The molecule has 0 unspecified atom stereocenters. The Bertz CT molecular complexity index is 262. The Hall–Kier alpha value is -1.25. The summed E-state index contributed by atoms with van der Waals surface area (Å²) in [5, 5.41) is 0. The van der Waals surface area contributed by atoms with Crippen molar-refractivity contribution in [2.75, 3.05) is 6.61 Å². The maximum Gasteiger partial charge on any atom is 0.417 e. The molecule has 64 valence electrons. The molecule has 0 radical (unpaired) electrons. The summed E-state index contributed by atoms with van der Waals surface area (Å²) in [4.78, 5) is 11.2. The molecule has 1 fully saturated rings. The van der Waals surface area contributed by atoms with Gasteiger partial charge < -0.3 is 4.74 Å². The molecule has 0 aliphatic heterocycles. The van der Waals surface area contributed by atoms with E-state index in [4.69, 9.17) is 4.74 Å². The number of hydrogen-bond donors (Lipinski definition) is 0. The zero-order valence-electron chi connectivity index (χ0n) is 6.77. The third-order valence-electron chi connectivity index (χ3n) is 1.95. The fourth-order valence-electron chi connectivity index (χ4n) is 1.00. The molecular weight excluding hydrogens is 154 g/mol. The van der Waals surface area contributed by atoms with E-state index in [-0.39, 0.29) is 6.09 Å². The zero-order valence-corrected chi connectivity index (χ0v) is 6.77. The number of ether oxygens (including phenoxy) is 1. The second kappa shape index (κ2) is 3.01. The molecule has 0 atom stereocenters. The smallest absolute Gasteiger partial charge is 0.417 e. The first-order valence-corrected chi connectivity index (χ1v) is 4.16. The summed E-state index contributed by atoms with van der Waals surface area (Å²) in [6.07, 6.45) is 5.52. The van der Waals surface area contributed by atoms with Crippen molar-refractivity contribution >= 4 is 6.09 Å². The van der Waals surface area contributed by atoms with Crippen LogP contribution in [0.3, 0.4) is 0 Å². The first-order valence-electron chi connectivity index (χ1n) is 4.16. The summed E-state index contributed by atoms with van der Waals surface area (Å²) in [5.74, 6) is 0.629. The third kappa shape index (κ3) is 1.67. The van der Waals surface area contributed by atoms with Crippen LogP contribution in [0.2, 0.25) is 0 Å². The molecule has 1 saturated carbocycles. The lowest BCUT2D eigenvalue weighted by molar-refractivity contribution is 0.143. The fraction of sp³-hybridized carbons (Fsp3) is 0.444. The van der Waals surface area contributed by atoms with Gasteiger partial charge in [-0.05, 0) is 30.9 Å². The highest BCUT2D eigenvalue weighted by molar-refractivity contribution is 5.70. The van der Waals surface area contributed by atoms with E-state index in [2.05, 4.69) is 0 Å². The van der Waals surface area contributed by atoms with E-state index in [0.29, 0.717) is 12.5 Å². The van der Waals surface area contributed by atoms with E-state index in [1.165, 1.54) is 17.4 Å². The summed E-state index contributed by atoms with van der Waals surface area (Å²) < 4.78 is 6.48. The SMILES string of the molecule is O=C(OCC1CC1)n1cccc1. The van der Waals surface area contributed by atoms with Crippen molar-refractivity contribution in [3.05, 3.63) is 24.5 Å². The molecule has 1 aromatic rings. The van der Waals surface area contributed by atoms with Gasteiger partial charge in [-0.2, -0.15) is 0 Å². The van der Waals surface area contributed by atoms with Crippen LogP contribution in [0.5, 0.6) is 0 Å². The molecule has 0 aromatic carbocycles. The first kappa shape index (κ1) is 7.40. The first-order chi connectivity index (χ1) is 5.86. The van der Waals surface area contributed by atoms with Gasteiger partial charge in [-0.25, -0.2) is 4.79 Å². The second-order valence-electron chi connectivity index (χ2n) is 3.11. The Morgan fingerprint density at radius 3 is 2.67 bits per heavy atom. The van der Waals surface area contributed by atoms with Crippen molar-refractivity contribution in [2.45, 2.75) is 12.8 Å². The van der Waals surface area contributed by atoms with Gasteiger partial charge in [-0.15, -0.1) is 0 Å². The molecule has 2 rings (SSSR count). The number of nitrogens with zero attached hydrogens (tertiary/aromatic N) is 1. The van der Waals surface area contributed by atoms with Crippen LogP contribution in [-0.4, -0.2) is 17.3 Å². The topological polar surface area (TPSA) is 31.2 Å². The van der Waals surface area contributed by atoms with Crippen LogP contribution < -0.4 is 0 Å². The van der Waals surface area contributed by atoms with Crippen LogP contribution in [0.15, 0.2) is 24.5 Å². The van der Waals surface area contributed by atoms with Crippen molar-refractivity contribution < 1.29 is 9.53 Å². The monoisotopic (exact) mass is 165 g/mol. The van der Waals surface area contributed by atoms with E-state index >= 15 is 0 Å². The van der Waals surface area contributed by atoms with Crippen LogP contribution in [0.1, 0.15) is 12.8 Å². The molecule has 12 heavy (non-hydrogen) atoms. The molecule has 0 amide bonds. The van der Waals surface area contributed by atoms with E-state index in [1.54, 1.807) is 24.5 Å². The predicted octanol–water partition coefficient (Wildman–Crippen LogP) is 1.88. The lowest BCUT2D eigenvalue weighted by Crippen LogP contribution is -2.12. The number of hydrogen-bond acceptors (Lipinski definition) is 2. The minimum absolute atomic E-state index is 0.271. The van der Waals surface area contributed by atoms with Crippen molar-refractivity contribution in [1.29, 1.82) is 0 Å². The number of aromatic nitrogens is 1. The minimum Gasteiger partial charge on any atom is -0.449 e. The molecule has 3 heteroatoms. The normalized spacial score (nSPS) is 16.0. The Kier molecular flexibility index (Phi) is 1.86. The lowest BCUT2D eigenvalue weighted by Gasteiger charge is -2.02. The van der Waals surface area contributed by atoms with Crippen molar-refractivity contribution in [3.8, 4) is 0 Å². The Balaban J connectivity index is 1.83. The van der Waals surface area contributed by atoms with Crippen molar-refractivity contribution in [2.24, 2.45) is 5.92 Å². The molecular formula is C9H11NO2. The van der Waals surface area contributed by atoms with Gasteiger partial charge in [-0.3, -0.25) is 4.57 Å². The van der Waals surface area contributed by atoms with Gasteiger partial charge in [0.25, 0.3) is 0 Å². The molecule has 1 aliphatic rings. The van der Waals surface area contributed by atoms with E-state index < -0.39 is 0 Å². The third-order valence-corrected chi connectivity index (χ3v) is 1.95. The summed E-state index contributed by atoms with van der Waals surface area (Å²) >= 11 is 0. The molecule has 0 bridgehead atoms. The molecule has 0 spiro atoms. The quantitative estimate of drug-likeness (QED) is 0.670. The standard InChI is InChI=1S/C9H11NO2/c11-9(10-5-1-2-6-10)12-7-8-3-4-8/h1-2,5-6,8H,3-4,7H2. The number of rotatable bonds is 2. The molecule has 1 heterocycles. The van der Waals surface area contributed by atoms with Gasteiger partial charge in [0.2, 0.25) is 0 Å². The molecule has 0 N–H and O–H groups in total. The summed E-state index contributed by atoms with van der Waals surface area (Å²) in [6.45, 7) is 0.580. The molecule has 3 nitrogen and oxygen atoms in total. The molecule has 1 aromatic heterocycles. The Morgan fingerprint density at radius 2 is 2.08 bits per heavy atom. The molecule has 1 aliphatic carbocycles. The van der Waals surface area contributed by atoms with Crippen LogP contribution in [0.4, 0.5) is 4.79 Å². The largest absolute Gasteiger partial charge is 0.449 e. The lowest BCUT2D eigenvalue weighted by atomic mass is 10.5. The van der Waals surface area contributed by atoms with Gasteiger partial charge in [-0.1, -0.05) is 0 Å². The van der Waals surface area contributed by atoms with Crippen LogP contribution in [0.25, 0.3) is 0 Å². The zero-order chi connectivity index (χ0) is 8.39. The van der Waals surface area contributed by atoms with Gasteiger partial charge in [0.15, 0.2) is 0 Å². The van der Waals surface area contributed by atoms with Gasteiger partial charge in [0.1, 0.15) is 0 Å². The highest BCUT2D eigenvalue weighted by atomic mass is 16.5. The maximum absolute atomic E-state index is 11.2. The van der Waals surface area contributed by atoms with Crippen LogP contribution in [-0.2, 0) is 4.74 Å². The van der Waals surface area contributed by atoms with E-state index in [9.17, 15) is 4.79 Å². The van der Waals surface area contributed by atoms with Crippen LogP contribution >= 0.6 is 0 Å². The number of carbonyl (C=O) groups excluding carboxylic acids is 1. The maximum atomic E-state index is 11.2. The molecule has 0 saturated heterocycles. The highest BCUT2D eigenvalue weighted by Crippen LogP contribution is 2.28.